The van der Waals surface area contributed by atoms with Crippen molar-refractivity contribution in [3.05, 3.63) is 29.8 Å². The summed E-state index contributed by atoms with van der Waals surface area (Å²) in [6, 6.07) is 8.22. The van der Waals surface area contributed by atoms with E-state index in [9.17, 15) is 0 Å². The monoisotopic (exact) mass is 291 g/mol. The molecule has 0 radical (unpaired) electrons. The molecule has 0 unspecified atom stereocenters. The molecule has 1 aromatic rings. The van der Waals surface area contributed by atoms with Crippen LogP contribution in [-0.4, -0.2) is 32.2 Å². The minimum Gasteiger partial charge on any atom is -0.497 e. The molecule has 0 saturated heterocycles. The topological polar surface area (TPSA) is 45.7 Å². The van der Waals surface area contributed by atoms with Crippen molar-refractivity contribution in [2.45, 2.75) is 45.6 Å². The molecule has 0 atom stereocenters. The molecule has 0 saturated carbocycles. The van der Waals surface area contributed by atoms with Crippen LogP contribution in [0.2, 0.25) is 0 Å². The van der Waals surface area contributed by atoms with Gasteiger partial charge in [-0.15, -0.1) is 0 Å². The molecule has 21 heavy (non-hydrogen) atoms. The van der Waals surface area contributed by atoms with Crippen LogP contribution in [-0.2, 0) is 5.41 Å². The molecule has 1 aromatic carbocycles. The Hall–Kier alpha value is -1.71. The number of aliphatic imine (C=N–C) groups is 1. The molecule has 0 spiro atoms. The molecule has 2 N–H and O–H groups in total. The molecule has 0 amide bonds. The Balaban J connectivity index is 2.70. The normalized spacial score (nSPS) is 13.0. The van der Waals surface area contributed by atoms with Gasteiger partial charge in [0.25, 0.3) is 0 Å². The van der Waals surface area contributed by atoms with Gasteiger partial charge in [-0.1, -0.05) is 26.0 Å². The quantitative estimate of drug-likeness (QED) is 0.662. The molecule has 0 aliphatic heterocycles. The van der Waals surface area contributed by atoms with Gasteiger partial charge < -0.3 is 15.4 Å². The van der Waals surface area contributed by atoms with Crippen molar-refractivity contribution in [1.29, 1.82) is 0 Å². The highest BCUT2D eigenvalue weighted by Gasteiger charge is 2.22. The molecule has 0 bridgehead atoms. The van der Waals surface area contributed by atoms with Gasteiger partial charge in [0.2, 0.25) is 0 Å². The number of nitrogens with one attached hydrogen (secondary N) is 2. The Morgan fingerprint density at radius 2 is 1.67 bits per heavy atom. The van der Waals surface area contributed by atoms with Crippen LogP contribution in [0.1, 0.15) is 40.2 Å². The minimum atomic E-state index is -0.00784. The van der Waals surface area contributed by atoms with Crippen molar-refractivity contribution in [2.75, 3.05) is 20.7 Å². The van der Waals surface area contributed by atoms with Crippen molar-refractivity contribution in [2.24, 2.45) is 4.99 Å². The first-order chi connectivity index (χ1) is 9.68. The second kappa shape index (κ2) is 6.83. The smallest absolute Gasteiger partial charge is 0.191 e. The predicted molar refractivity (Wildman–Crippen MR) is 90.3 cm³/mol. The maximum atomic E-state index is 5.21. The number of hydrogen-bond donors (Lipinski definition) is 2. The van der Waals surface area contributed by atoms with Crippen molar-refractivity contribution in [1.82, 2.24) is 10.6 Å². The third kappa shape index (κ3) is 5.66. The van der Waals surface area contributed by atoms with E-state index in [1.54, 1.807) is 14.2 Å². The lowest BCUT2D eigenvalue weighted by atomic mass is 9.84. The van der Waals surface area contributed by atoms with Crippen molar-refractivity contribution in [3.63, 3.8) is 0 Å². The van der Waals surface area contributed by atoms with E-state index >= 15 is 0 Å². The van der Waals surface area contributed by atoms with Crippen molar-refractivity contribution in [3.8, 4) is 5.75 Å². The summed E-state index contributed by atoms with van der Waals surface area (Å²) in [5.74, 6) is 1.71. The zero-order valence-electron chi connectivity index (χ0n) is 14.4. The summed E-state index contributed by atoms with van der Waals surface area (Å²) in [5, 5.41) is 6.77. The second-order valence-electron chi connectivity index (χ2n) is 6.91. The molecule has 4 nitrogen and oxygen atoms in total. The van der Waals surface area contributed by atoms with E-state index in [0.717, 1.165) is 18.3 Å². The highest BCUT2D eigenvalue weighted by molar-refractivity contribution is 5.80. The van der Waals surface area contributed by atoms with Crippen LogP contribution in [0.3, 0.4) is 0 Å². The highest BCUT2D eigenvalue weighted by Crippen LogP contribution is 2.24. The van der Waals surface area contributed by atoms with Gasteiger partial charge in [0.05, 0.1) is 7.11 Å². The molecule has 0 aliphatic rings. The first kappa shape index (κ1) is 17.3. The van der Waals surface area contributed by atoms with Crippen LogP contribution < -0.4 is 15.4 Å². The van der Waals surface area contributed by atoms with Crippen LogP contribution in [0.25, 0.3) is 0 Å². The molecule has 0 aromatic heterocycles. The van der Waals surface area contributed by atoms with E-state index < -0.39 is 0 Å². The average Bonchev–Trinajstić information content (AvgIpc) is 2.42. The molecule has 1 rings (SSSR count). The zero-order chi connectivity index (χ0) is 16.1. The zero-order valence-corrected chi connectivity index (χ0v) is 14.4. The molecule has 0 heterocycles. The maximum Gasteiger partial charge on any atom is 0.191 e. The third-order valence-electron chi connectivity index (χ3n) is 3.29. The lowest BCUT2D eigenvalue weighted by molar-refractivity contribution is 0.413. The van der Waals surface area contributed by atoms with Gasteiger partial charge in [-0.05, 0) is 38.5 Å². The summed E-state index contributed by atoms with van der Waals surface area (Å²) in [6.45, 7) is 11.6. The number of ether oxygens (including phenoxy) is 1. The number of rotatable bonds is 4. The number of hydrogen-bond acceptors (Lipinski definition) is 2. The van der Waals surface area contributed by atoms with Crippen LogP contribution in [0.15, 0.2) is 29.3 Å². The van der Waals surface area contributed by atoms with E-state index in [0.29, 0.717) is 0 Å². The number of guanidine groups is 1. The Kier molecular flexibility index (Phi) is 5.64. The van der Waals surface area contributed by atoms with Crippen molar-refractivity contribution >= 4 is 5.96 Å². The van der Waals surface area contributed by atoms with Gasteiger partial charge in [-0.2, -0.15) is 0 Å². The van der Waals surface area contributed by atoms with Gasteiger partial charge in [0.1, 0.15) is 5.75 Å². The number of methoxy groups -OCH3 is 1. The lowest BCUT2D eigenvalue weighted by Crippen LogP contribution is -2.50. The van der Waals surface area contributed by atoms with Crippen LogP contribution in [0.4, 0.5) is 0 Å². The summed E-state index contributed by atoms with van der Waals surface area (Å²) in [4.78, 5) is 4.27. The molecule has 118 valence electrons. The summed E-state index contributed by atoms with van der Waals surface area (Å²) >= 11 is 0. The van der Waals surface area contributed by atoms with E-state index in [-0.39, 0.29) is 11.0 Å². The van der Waals surface area contributed by atoms with Crippen LogP contribution >= 0.6 is 0 Å². The summed E-state index contributed by atoms with van der Waals surface area (Å²) < 4.78 is 5.21. The average molecular weight is 291 g/mol. The van der Waals surface area contributed by atoms with Gasteiger partial charge in [-0.3, -0.25) is 4.99 Å². The van der Waals surface area contributed by atoms with Gasteiger partial charge in [0.15, 0.2) is 5.96 Å². The van der Waals surface area contributed by atoms with Gasteiger partial charge in [-0.25, -0.2) is 0 Å². The van der Waals surface area contributed by atoms with E-state index in [1.807, 2.05) is 12.1 Å². The molecule has 0 fully saturated rings. The fourth-order valence-electron chi connectivity index (χ4n) is 1.98. The number of benzene rings is 1. The van der Waals surface area contributed by atoms with Gasteiger partial charge >= 0.3 is 0 Å². The molecule has 4 heteroatoms. The summed E-state index contributed by atoms with van der Waals surface area (Å²) in [5.41, 5.74) is 1.26. The fourth-order valence-corrected chi connectivity index (χ4v) is 1.98. The van der Waals surface area contributed by atoms with Gasteiger partial charge in [0, 0.05) is 24.5 Å². The van der Waals surface area contributed by atoms with Crippen LogP contribution in [0.5, 0.6) is 5.75 Å². The van der Waals surface area contributed by atoms with Crippen LogP contribution in [0, 0.1) is 0 Å². The Morgan fingerprint density at radius 3 is 2.10 bits per heavy atom. The maximum absolute atomic E-state index is 5.21. The lowest BCUT2D eigenvalue weighted by Gasteiger charge is -2.29. The first-order valence-corrected chi connectivity index (χ1v) is 7.31. The highest BCUT2D eigenvalue weighted by atomic mass is 16.5. The van der Waals surface area contributed by atoms with E-state index in [1.165, 1.54) is 5.56 Å². The Bertz CT molecular complexity index is 470. The second-order valence-corrected chi connectivity index (χ2v) is 6.91. The molecular weight excluding hydrogens is 262 g/mol. The SMILES string of the molecule is CN=C(NCC(C)(C)c1ccc(OC)cc1)NC(C)(C)C. The van der Waals surface area contributed by atoms with Crippen molar-refractivity contribution < 1.29 is 4.74 Å². The van der Waals surface area contributed by atoms with E-state index in [4.69, 9.17) is 4.74 Å². The van der Waals surface area contributed by atoms with E-state index in [2.05, 4.69) is 62.4 Å². The first-order valence-electron chi connectivity index (χ1n) is 7.31. The molecular formula is C17H29N3O. The fraction of sp³-hybridized carbons (Fsp3) is 0.588. The largest absolute Gasteiger partial charge is 0.497 e. The number of nitrogens with zero attached hydrogens (tertiary/aromatic N) is 1. The molecule has 0 aliphatic carbocycles. The Morgan fingerprint density at radius 1 is 1.10 bits per heavy atom. The minimum absolute atomic E-state index is 0.00176. The summed E-state index contributed by atoms with van der Waals surface area (Å²) in [7, 11) is 3.48. The Labute approximate surface area is 129 Å². The predicted octanol–water partition coefficient (Wildman–Crippen LogP) is 2.94. The standard InChI is InChI=1S/C17H29N3O/c1-16(2,3)20-15(18-6)19-12-17(4,5)13-8-10-14(21-7)11-9-13/h8-11H,12H2,1-7H3,(H2,18,19,20). The third-order valence-corrected chi connectivity index (χ3v) is 3.29. The summed E-state index contributed by atoms with van der Waals surface area (Å²) in [6.07, 6.45) is 0.